The van der Waals surface area contributed by atoms with E-state index in [-0.39, 0.29) is 0 Å². The van der Waals surface area contributed by atoms with Gasteiger partial charge in [-0.15, -0.1) is 0 Å². The maximum atomic E-state index is 3.77. The molecule has 1 heterocycles. The van der Waals surface area contributed by atoms with Gasteiger partial charge in [-0.05, 0) is 43.7 Å². The molecule has 0 aromatic carbocycles. The molecule has 1 saturated carbocycles. The van der Waals surface area contributed by atoms with Crippen LogP contribution in [-0.2, 0) is 0 Å². The van der Waals surface area contributed by atoms with Crippen LogP contribution in [0.25, 0.3) is 0 Å². The van der Waals surface area contributed by atoms with Crippen LogP contribution >= 0.6 is 11.8 Å². The highest BCUT2D eigenvalue weighted by molar-refractivity contribution is 8.00. The summed E-state index contributed by atoms with van der Waals surface area (Å²) in [5, 5.41) is 3.77. The molecule has 1 aliphatic heterocycles. The van der Waals surface area contributed by atoms with Crippen LogP contribution in [-0.4, -0.2) is 47.6 Å². The van der Waals surface area contributed by atoms with Crippen molar-refractivity contribution in [1.82, 2.24) is 10.2 Å². The summed E-state index contributed by atoms with van der Waals surface area (Å²) in [5.74, 6) is 2.14. The number of nitrogens with one attached hydrogen (secondary N) is 1. The SMILES string of the molecule is CCNC1C(CN2CCSC(C)(C)CC2)CCC1(C)C. The van der Waals surface area contributed by atoms with Crippen molar-refractivity contribution in [2.45, 2.75) is 64.7 Å². The first-order valence-electron chi connectivity index (χ1n) is 8.44. The number of thioether (sulfide) groups is 1. The molecular weight excluding hydrogens is 264 g/mol. The molecule has 20 heavy (non-hydrogen) atoms. The Labute approximate surface area is 130 Å². The summed E-state index contributed by atoms with van der Waals surface area (Å²) < 4.78 is 0.477. The first-order chi connectivity index (χ1) is 9.34. The lowest BCUT2D eigenvalue weighted by molar-refractivity contribution is 0.189. The van der Waals surface area contributed by atoms with Gasteiger partial charge in [0.05, 0.1) is 0 Å². The second kappa shape index (κ2) is 6.58. The van der Waals surface area contributed by atoms with Crippen LogP contribution in [0.4, 0.5) is 0 Å². The van der Waals surface area contributed by atoms with Crippen molar-refractivity contribution >= 4 is 11.8 Å². The van der Waals surface area contributed by atoms with Gasteiger partial charge in [-0.25, -0.2) is 0 Å². The maximum absolute atomic E-state index is 3.77. The molecular formula is C17H34N2S. The summed E-state index contributed by atoms with van der Waals surface area (Å²) in [4.78, 5) is 2.73. The second-order valence-electron chi connectivity index (χ2n) is 7.98. The number of nitrogens with zero attached hydrogens (tertiary/aromatic N) is 1. The highest BCUT2D eigenvalue weighted by atomic mass is 32.2. The van der Waals surface area contributed by atoms with Crippen molar-refractivity contribution in [2.75, 3.05) is 31.9 Å². The van der Waals surface area contributed by atoms with Crippen molar-refractivity contribution in [3.05, 3.63) is 0 Å². The summed E-state index contributed by atoms with van der Waals surface area (Å²) in [6, 6.07) is 0.705. The van der Waals surface area contributed by atoms with E-state index < -0.39 is 0 Å². The topological polar surface area (TPSA) is 15.3 Å². The normalized spacial score (nSPS) is 34.0. The van der Waals surface area contributed by atoms with E-state index in [0.717, 1.165) is 12.5 Å². The monoisotopic (exact) mass is 298 g/mol. The van der Waals surface area contributed by atoms with Crippen LogP contribution in [0.3, 0.4) is 0 Å². The van der Waals surface area contributed by atoms with Gasteiger partial charge in [0.25, 0.3) is 0 Å². The standard InChI is InChI=1S/C17H34N2S/c1-6-18-15-14(7-8-16(15,2)3)13-19-10-9-17(4,5)20-12-11-19/h14-15,18H,6-13H2,1-5H3. The molecule has 2 fully saturated rings. The molecule has 3 heteroatoms. The van der Waals surface area contributed by atoms with Crippen molar-refractivity contribution < 1.29 is 0 Å². The van der Waals surface area contributed by atoms with E-state index in [1.807, 2.05) is 0 Å². The Hall–Kier alpha value is 0.270. The molecule has 1 saturated heterocycles. The molecule has 0 aromatic rings. The Balaban J connectivity index is 1.92. The van der Waals surface area contributed by atoms with E-state index >= 15 is 0 Å². The van der Waals surface area contributed by atoms with Crippen LogP contribution in [0.15, 0.2) is 0 Å². The highest BCUT2D eigenvalue weighted by Crippen LogP contribution is 2.42. The van der Waals surface area contributed by atoms with Gasteiger partial charge in [-0.1, -0.05) is 34.6 Å². The smallest absolute Gasteiger partial charge is 0.0159 e. The highest BCUT2D eigenvalue weighted by Gasteiger charge is 2.41. The predicted molar refractivity (Wildman–Crippen MR) is 91.6 cm³/mol. The zero-order valence-corrected chi connectivity index (χ0v) is 15.0. The Kier molecular flexibility index (Phi) is 5.47. The van der Waals surface area contributed by atoms with Gasteiger partial charge in [0.15, 0.2) is 0 Å². The fraction of sp³-hybridized carbons (Fsp3) is 1.00. The van der Waals surface area contributed by atoms with Gasteiger partial charge in [0.1, 0.15) is 0 Å². The zero-order chi connectivity index (χ0) is 14.8. The van der Waals surface area contributed by atoms with Crippen molar-refractivity contribution in [3.63, 3.8) is 0 Å². The summed E-state index contributed by atoms with van der Waals surface area (Å²) in [6.07, 6.45) is 4.11. The summed E-state index contributed by atoms with van der Waals surface area (Å²) >= 11 is 2.16. The predicted octanol–water partition coefficient (Wildman–Crippen LogP) is 3.62. The van der Waals surface area contributed by atoms with Crippen molar-refractivity contribution in [1.29, 1.82) is 0 Å². The minimum Gasteiger partial charge on any atom is -0.313 e. The molecule has 1 aliphatic carbocycles. The van der Waals surface area contributed by atoms with Crippen LogP contribution in [0, 0.1) is 11.3 Å². The molecule has 0 bridgehead atoms. The first kappa shape index (κ1) is 16.6. The fourth-order valence-corrected chi connectivity index (χ4v) is 5.09. The number of hydrogen-bond donors (Lipinski definition) is 1. The zero-order valence-electron chi connectivity index (χ0n) is 14.2. The third-order valence-corrected chi connectivity index (χ3v) is 6.69. The van der Waals surface area contributed by atoms with Crippen molar-refractivity contribution in [2.24, 2.45) is 11.3 Å². The molecule has 0 amide bonds. The Morgan fingerprint density at radius 2 is 1.90 bits per heavy atom. The van der Waals surface area contributed by atoms with E-state index in [9.17, 15) is 0 Å². The average Bonchev–Trinajstić information content (AvgIpc) is 2.53. The van der Waals surface area contributed by atoms with Gasteiger partial charge < -0.3 is 10.2 Å². The van der Waals surface area contributed by atoms with E-state index in [0.29, 0.717) is 16.2 Å². The molecule has 2 atom stereocenters. The number of hydrogen-bond acceptors (Lipinski definition) is 3. The lowest BCUT2D eigenvalue weighted by atomic mass is 9.84. The minimum atomic E-state index is 0.473. The molecule has 2 rings (SSSR count). The van der Waals surface area contributed by atoms with Crippen molar-refractivity contribution in [3.8, 4) is 0 Å². The molecule has 1 N–H and O–H groups in total. The average molecular weight is 299 g/mol. The fourth-order valence-electron chi connectivity index (χ4n) is 3.95. The van der Waals surface area contributed by atoms with Gasteiger partial charge in [0, 0.05) is 29.6 Å². The molecule has 2 nitrogen and oxygen atoms in total. The van der Waals surface area contributed by atoms with E-state index in [4.69, 9.17) is 0 Å². The lowest BCUT2D eigenvalue weighted by Gasteiger charge is -2.34. The van der Waals surface area contributed by atoms with E-state index in [1.54, 1.807) is 0 Å². The lowest BCUT2D eigenvalue weighted by Crippen LogP contribution is -2.46. The quantitative estimate of drug-likeness (QED) is 0.853. The third kappa shape index (κ3) is 4.14. The molecule has 0 radical (unpaired) electrons. The minimum absolute atomic E-state index is 0.473. The van der Waals surface area contributed by atoms with Crippen LogP contribution in [0.5, 0.6) is 0 Å². The van der Waals surface area contributed by atoms with Gasteiger partial charge in [-0.3, -0.25) is 0 Å². The van der Waals surface area contributed by atoms with Crippen LogP contribution < -0.4 is 5.32 Å². The molecule has 0 aromatic heterocycles. The Morgan fingerprint density at radius 1 is 1.15 bits per heavy atom. The summed E-state index contributed by atoms with van der Waals surface area (Å²) in [7, 11) is 0. The first-order valence-corrected chi connectivity index (χ1v) is 9.42. The van der Waals surface area contributed by atoms with Crippen LogP contribution in [0.2, 0.25) is 0 Å². The largest absolute Gasteiger partial charge is 0.313 e. The van der Waals surface area contributed by atoms with E-state index in [2.05, 4.69) is 56.6 Å². The summed E-state index contributed by atoms with van der Waals surface area (Å²) in [5.41, 5.74) is 0.473. The molecule has 2 aliphatic rings. The molecule has 2 unspecified atom stereocenters. The van der Waals surface area contributed by atoms with E-state index in [1.165, 1.54) is 44.6 Å². The Bertz CT molecular complexity index is 314. The van der Waals surface area contributed by atoms with Gasteiger partial charge in [0.2, 0.25) is 0 Å². The Morgan fingerprint density at radius 3 is 2.60 bits per heavy atom. The maximum Gasteiger partial charge on any atom is 0.0159 e. The molecule has 118 valence electrons. The number of rotatable bonds is 4. The van der Waals surface area contributed by atoms with Gasteiger partial charge >= 0.3 is 0 Å². The van der Waals surface area contributed by atoms with Crippen LogP contribution in [0.1, 0.15) is 53.9 Å². The van der Waals surface area contributed by atoms with Gasteiger partial charge in [-0.2, -0.15) is 11.8 Å². The molecule has 0 spiro atoms. The summed E-state index contributed by atoms with van der Waals surface area (Å²) in [6.45, 7) is 16.9. The third-order valence-electron chi connectivity index (χ3n) is 5.32. The second-order valence-corrected chi connectivity index (χ2v) is 9.78.